The van der Waals surface area contributed by atoms with E-state index in [9.17, 15) is 0 Å². The summed E-state index contributed by atoms with van der Waals surface area (Å²) in [5, 5.41) is 0. The lowest BCUT2D eigenvalue weighted by Gasteiger charge is -2.45. The standard InChI is InChI=1S/C72H59BN2S/c1-48-39-50(3)70(51(4)40-48)55-35-37-66-64(44-55)73-65-45-56(71-52(5)41-49(2)42-53(71)6)36-38-67(65)75(59-26-14-8-15-27-59)69-47-57(46-68(72(69)73)74(66)58-24-12-7-13-25-58)54-23-22-34-63(43-54)76(60-28-16-9-17-29-60,61-30-18-10-19-31-61)62-32-20-11-21-33-62/h7-47H,1-6H3. The van der Waals surface area contributed by atoms with Crippen molar-refractivity contribution in [2.45, 2.75) is 61.1 Å². The molecule has 0 amide bonds. The van der Waals surface area contributed by atoms with Crippen LogP contribution in [0.25, 0.3) is 33.4 Å². The van der Waals surface area contributed by atoms with Crippen LogP contribution in [0.1, 0.15) is 33.4 Å². The quantitative estimate of drug-likeness (QED) is 0.133. The zero-order chi connectivity index (χ0) is 51.7. The zero-order valence-electron chi connectivity index (χ0n) is 44.1. The Morgan fingerprint density at radius 2 is 0.658 bits per heavy atom. The second-order valence-corrected chi connectivity index (χ2v) is 24.0. The Labute approximate surface area is 451 Å². The highest BCUT2D eigenvalue weighted by atomic mass is 32.3. The highest BCUT2D eigenvalue weighted by molar-refractivity contribution is 8.34. The Bertz CT molecular complexity index is 3690. The highest BCUT2D eigenvalue weighted by Crippen LogP contribution is 2.73. The van der Waals surface area contributed by atoms with E-state index in [0.717, 1.165) is 16.9 Å². The third-order valence-corrected chi connectivity index (χ3v) is 19.7. The maximum Gasteiger partial charge on any atom is 0.252 e. The molecule has 0 saturated carbocycles. The van der Waals surface area contributed by atoms with Crippen LogP contribution in [-0.4, -0.2) is 6.71 Å². The third kappa shape index (κ3) is 7.73. The van der Waals surface area contributed by atoms with Gasteiger partial charge in [-0.3, -0.25) is 0 Å². The Balaban J connectivity index is 1.12. The lowest BCUT2D eigenvalue weighted by molar-refractivity contribution is 1.24. The summed E-state index contributed by atoms with van der Waals surface area (Å²) < 4.78 is 0. The molecule has 0 aromatic heterocycles. The van der Waals surface area contributed by atoms with Crippen molar-refractivity contribution in [3.05, 3.63) is 282 Å². The fraction of sp³-hybridized carbons (Fsp3) is 0.0833. The summed E-state index contributed by atoms with van der Waals surface area (Å²) in [7, 11) is -1.95. The molecule has 0 spiro atoms. The van der Waals surface area contributed by atoms with Crippen LogP contribution in [0.2, 0.25) is 0 Å². The van der Waals surface area contributed by atoms with E-state index in [1.165, 1.54) is 120 Å². The molecule has 0 N–H and O–H groups in total. The van der Waals surface area contributed by atoms with E-state index >= 15 is 0 Å². The number of aryl methyl sites for hydroxylation is 6. The highest BCUT2D eigenvalue weighted by Gasteiger charge is 2.44. The maximum atomic E-state index is 2.55. The predicted molar refractivity (Wildman–Crippen MR) is 325 cm³/mol. The summed E-state index contributed by atoms with van der Waals surface area (Å²) in [6, 6.07) is 94.0. The minimum atomic E-state index is -1.95. The second-order valence-electron chi connectivity index (χ2n) is 20.9. The fourth-order valence-corrected chi connectivity index (χ4v) is 16.9. The van der Waals surface area contributed by atoms with Crippen LogP contribution in [0.5, 0.6) is 0 Å². The molecule has 11 aromatic rings. The van der Waals surface area contributed by atoms with Crippen molar-refractivity contribution < 1.29 is 0 Å². The van der Waals surface area contributed by atoms with Gasteiger partial charge in [0.05, 0.1) is 0 Å². The number of para-hydroxylation sites is 2. The molecule has 0 saturated heterocycles. The molecule has 2 aliphatic rings. The van der Waals surface area contributed by atoms with Gasteiger partial charge in [-0.25, -0.2) is 0 Å². The topological polar surface area (TPSA) is 6.48 Å². The van der Waals surface area contributed by atoms with Crippen LogP contribution in [-0.2, 0) is 0 Å². The predicted octanol–water partition coefficient (Wildman–Crippen LogP) is 18.0. The molecule has 2 heterocycles. The van der Waals surface area contributed by atoms with Crippen molar-refractivity contribution in [3.8, 4) is 33.4 Å². The molecule has 2 aliphatic heterocycles. The van der Waals surface area contributed by atoms with Crippen molar-refractivity contribution >= 4 is 67.3 Å². The molecule has 2 nitrogen and oxygen atoms in total. The molecule has 0 atom stereocenters. The van der Waals surface area contributed by atoms with Gasteiger partial charge in [-0.05, 0) is 211 Å². The van der Waals surface area contributed by atoms with Crippen LogP contribution in [0, 0.1) is 41.5 Å². The van der Waals surface area contributed by atoms with E-state index in [1.807, 2.05) is 0 Å². The Morgan fingerprint density at radius 3 is 1.05 bits per heavy atom. The molecule has 76 heavy (non-hydrogen) atoms. The SMILES string of the molecule is Cc1cc(C)c(-c2ccc3c(c2)B2c4cc(-c5c(C)cc(C)cc5C)ccc4N(c4ccccc4)c4cc(-c5cccc(S(c6ccccc6)(c6ccccc6)c6ccccc6)c5)cc(c42)N3c2ccccc2)c(C)c1. The molecule has 0 fully saturated rings. The summed E-state index contributed by atoms with van der Waals surface area (Å²) in [5.74, 6) is 0. The van der Waals surface area contributed by atoms with Gasteiger partial charge in [0.2, 0.25) is 0 Å². The number of hydrogen-bond donors (Lipinski definition) is 0. The molecule has 0 bridgehead atoms. The molecule has 0 unspecified atom stereocenters. The summed E-state index contributed by atoms with van der Waals surface area (Å²) in [5.41, 5.74) is 26.1. The average molecular weight is 995 g/mol. The van der Waals surface area contributed by atoms with Crippen molar-refractivity contribution in [2.75, 3.05) is 9.80 Å². The third-order valence-electron chi connectivity index (χ3n) is 15.8. The van der Waals surface area contributed by atoms with Crippen molar-refractivity contribution in [1.82, 2.24) is 0 Å². The van der Waals surface area contributed by atoms with E-state index in [0.29, 0.717) is 0 Å². The Kier molecular flexibility index (Phi) is 11.8. The van der Waals surface area contributed by atoms with Crippen LogP contribution in [0.4, 0.5) is 34.1 Å². The van der Waals surface area contributed by atoms with E-state index in [1.54, 1.807) is 0 Å². The van der Waals surface area contributed by atoms with E-state index in [2.05, 4.69) is 300 Å². The summed E-state index contributed by atoms with van der Waals surface area (Å²) in [4.78, 5) is 10.3. The number of fused-ring (bicyclic) bond motifs is 4. The first kappa shape index (κ1) is 47.2. The molecular formula is C72H59BN2S. The van der Waals surface area contributed by atoms with Crippen LogP contribution < -0.4 is 26.2 Å². The lowest BCUT2D eigenvalue weighted by atomic mass is 9.33. The van der Waals surface area contributed by atoms with Gasteiger partial charge in [-0.1, -0.05) is 163 Å². The molecule has 366 valence electrons. The summed E-state index contributed by atoms with van der Waals surface area (Å²) in [6.07, 6.45) is 0. The summed E-state index contributed by atoms with van der Waals surface area (Å²) >= 11 is 0. The van der Waals surface area contributed by atoms with Crippen molar-refractivity contribution in [2.24, 2.45) is 0 Å². The zero-order valence-corrected chi connectivity index (χ0v) is 44.9. The number of benzene rings is 11. The van der Waals surface area contributed by atoms with Gasteiger partial charge in [0, 0.05) is 53.7 Å². The number of hydrogen-bond acceptors (Lipinski definition) is 2. The first-order valence-corrected chi connectivity index (χ1v) is 28.2. The smallest absolute Gasteiger partial charge is 0.252 e. The lowest BCUT2D eigenvalue weighted by Crippen LogP contribution is -2.61. The molecule has 4 heteroatoms. The average Bonchev–Trinajstić information content (AvgIpc) is 3.59. The van der Waals surface area contributed by atoms with Gasteiger partial charge in [0.1, 0.15) is 0 Å². The fourth-order valence-electron chi connectivity index (χ4n) is 13.0. The molecule has 11 aromatic carbocycles. The molecular weight excluding hydrogens is 936 g/mol. The maximum absolute atomic E-state index is 2.55. The largest absolute Gasteiger partial charge is 0.311 e. The van der Waals surface area contributed by atoms with Crippen molar-refractivity contribution in [1.29, 1.82) is 0 Å². The minimum absolute atomic E-state index is 0.0846. The Hall–Kier alpha value is -8.57. The van der Waals surface area contributed by atoms with Gasteiger partial charge >= 0.3 is 0 Å². The first-order valence-electron chi connectivity index (χ1n) is 26.6. The van der Waals surface area contributed by atoms with Crippen LogP contribution in [0.15, 0.2) is 268 Å². The molecule has 0 aliphatic carbocycles. The first-order chi connectivity index (χ1) is 37.2. The number of anilines is 6. The number of nitrogens with zero attached hydrogens (tertiary/aromatic N) is 2. The minimum Gasteiger partial charge on any atom is -0.311 e. The van der Waals surface area contributed by atoms with Gasteiger partial charge in [0.15, 0.2) is 0 Å². The second kappa shape index (κ2) is 19.0. The van der Waals surface area contributed by atoms with E-state index in [-0.39, 0.29) is 6.71 Å². The monoisotopic (exact) mass is 994 g/mol. The molecule has 13 rings (SSSR count). The van der Waals surface area contributed by atoms with Crippen LogP contribution >= 0.6 is 10.0 Å². The van der Waals surface area contributed by atoms with E-state index < -0.39 is 10.0 Å². The normalized spacial score (nSPS) is 12.7. The number of rotatable bonds is 9. The van der Waals surface area contributed by atoms with Gasteiger partial charge in [-0.15, -0.1) is 10.0 Å². The molecule has 0 radical (unpaired) electrons. The summed E-state index contributed by atoms with van der Waals surface area (Å²) in [6.45, 7) is 13.4. The van der Waals surface area contributed by atoms with Gasteiger partial charge in [0.25, 0.3) is 6.71 Å². The van der Waals surface area contributed by atoms with Gasteiger partial charge in [-0.2, -0.15) is 0 Å². The van der Waals surface area contributed by atoms with Crippen molar-refractivity contribution in [3.63, 3.8) is 0 Å². The van der Waals surface area contributed by atoms with Gasteiger partial charge < -0.3 is 9.80 Å². The Morgan fingerprint density at radius 1 is 0.289 bits per heavy atom. The van der Waals surface area contributed by atoms with Crippen LogP contribution in [0.3, 0.4) is 0 Å². The van der Waals surface area contributed by atoms with E-state index in [4.69, 9.17) is 0 Å².